The second-order valence-electron chi connectivity index (χ2n) is 3.79. The zero-order chi connectivity index (χ0) is 21.5. The first kappa shape index (κ1) is 63.0. The van der Waals surface area contributed by atoms with Gasteiger partial charge in [0.05, 0.1) is 0 Å². The van der Waals surface area contributed by atoms with Gasteiger partial charge < -0.3 is 66.8 Å². The summed E-state index contributed by atoms with van der Waals surface area (Å²) >= 11 is 0. The van der Waals surface area contributed by atoms with Crippen LogP contribution in [0, 0.1) is 0 Å². The van der Waals surface area contributed by atoms with Crippen molar-refractivity contribution in [3.8, 4) is 0 Å². The molecular formula is C12H38Fe3O13. The molecule has 0 aromatic heterocycles. The van der Waals surface area contributed by atoms with E-state index in [9.17, 15) is 0 Å². The van der Waals surface area contributed by atoms with Crippen LogP contribution < -0.4 is 0 Å². The van der Waals surface area contributed by atoms with Crippen molar-refractivity contribution in [2.24, 2.45) is 0 Å². The van der Waals surface area contributed by atoms with Crippen LogP contribution in [0.4, 0.5) is 0 Å². The Bertz CT molecular complexity index is 114. The van der Waals surface area contributed by atoms with Gasteiger partial charge in [0.1, 0.15) is 37.7 Å². The molecule has 0 aliphatic carbocycles. The van der Waals surface area contributed by atoms with E-state index in [1.165, 1.54) is 41.5 Å². The second kappa shape index (κ2) is 56.6. The van der Waals surface area contributed by atoms with Crippen LogP contribution in [0.3, 0.4) is 0 Å². The minimum Gasteiger partial charge on any atom is -0.412 e. The van der Waals surface area contributed by atoms with Gasteiger partial charge in [0.25, 0.3) is 0 Å². The maximum Gasteiger partial charge on any atom is 0.148 e. The van der Waals surface area contributed by atoms with Crippen LogP contribution in [0.15, 0.2) is 0 Å². The predicted octanol–water partition coefficient (Wildman–Crippen LogP) is -4.93. The van der Waals surface area contributed by atoms with Crippen molar-refractivity contribution in [2.75, 3.05) is 0 Å². The van der Waals surface area contributed by atoms with E-state index >= 15 is 0 Å². The van der Waals surface area contributed by atoms with E-state index in [0.29, 0.717) is 0 Å². The SMILES string of the molecule is CC(O)O.CC(O)O.CC(O)O.CC(O)O.CC(O)O.CC(O)O.O.[Fe].[Fe].[Fe]. The summed E-state index contributed by atoms with van der Waals surface area (Å²) in [6, 6.07) is 0. The third-order valence-corrected chi connectivity index (χ3v) is 0. The molecule has 0 unspecified atom stereocenters. The molecule has 0 aliphatic heterocycles. The first-order valence-electron chi connectivity index (χ1n) is 6.56. The molecule has 0 heterocycles. The fraction of sp³-hybridized carbons (Fsp3) is 1.00. The van der Waals surface area contributed by atoms with E-state index in [2.05, 4.69) is 0 Å². The molecule has 0 atom stereocenters. The minimum atomic E-state index is -1.17. The first-order valence-corrected chi connectivity index (χ1v) is 6.56. The molecule has 16 heteroatoms. The number of aliphatic hydroxyl groups is 12. The molecule has 0 spiro atoms. The number of hydrogen-bond donors (Lipinski definition) is 12. The summed E-state index contributed by atoms with van der Waals surface area (Å²) in [4.78, 5) is 0. The average molecular weight is 558 g/mol. The van der Waals surface area contributed by atoms with Crippen LogP contribution in [0.5, 0.6) is 0 Å². The van der Waals surface area contributed by atoms with Crippen molar-refractivity contribution < 1.29 is 118 Å². The van der Waals surface area contributed by atoms with Gasteiger partial charge in [-0.1, -0.05) is 0 Å². The minimum absolute atomic E-state index is 0. The quantitative estimate of drug-likeness (QED) is 0.0985. The first-order chi connectivity index (χ1) is 10.4. The smallest absolute Gasteiger partial charge is 0.148 e. The largest absolute Gasteiger partial charge is 0.412 e. The molecule has 0 saturated carbocycles. The molecule has 0 amide bonds. The third-order valence-electron chi connectivity index (χ3n) is 0. The Kier molecular flexibility index (Phi) is 127. The summed E-state index contributed by atoms with van der Waals surface area (Å²) in [5, 5.41) is 91.3. The van der Waals surface area contributed by atoms with Crippen LogP contribution in [0.2, 0.25) is 0 Å². The normalized spacial score (nSPS) is 7.71. The Balaban J connectivity index is -0.0000000169. The summed E-state index contributed by atoms with van der Waals surface area (Å²) in [6.45, 7) is 7.67. The Morgan fingerprint density at radius 3 is 0.286 bits per heavy atom. The monoisotopic (exact) mass is 558 g/mol. The molecular weight excluding hydrogens is 520 g/mol. The molecule has 0 radical (unpaired) electrons. The van der Waals surface area contributed by atoms with Gasteiger partial charge in [0.2, 0.25) is 0 Å². The molecule has 0 aromatic rings. The van der Waals surface area contributed by atoms with Gasteiger partial charge in [-0.25, -0.2) is 0 Å². The average Bonchev–Trinajstić information content (AvgIpc) is 2.08. The molecule has 0 rings (SSSR count). The van der Waals surface area contributed by atoms with Crippen LogP contribution in [0.1, 0.15) is 41.5 Å². The fourth-order valence-corrected chi connectivity index (χ4v) is 0. The van der Waals surface area contributed by atoms with E-state index in [0.717, 1.165) is 0 Å². The van der Waals surface area contributed by atoms with Gasteiger partial charge in [-0.05, 0) is 41.5 Å². The second-order valence-corrected chi connectivity index (χ2v) is 3.79. The van der Waals surface area contributed by atoms with Gasteiger partial charge in [-0.15, -0.1) is 0 Å². The fourth-order valence-electron chi connectivity index (χ4n) is 0. The standard InChI is InChI=1S/6C2H6O2.3Fe.H2O/c6*1-2(3)4;;;;/h6*2-4H,1H3;;;;1H2. The third kappa shape index (κ3) is 17000. The van der Waals surface area contributed by atoms with Gasteiger partial charge in [0.15, 0.2) is 0 Å². The van der Waals surface area contributed by atoms with Gasteiger partial charge in [-0.3, -0.25) is 0 Å². The Morgan fingerprint density at radius 2 is 0.286 bits per heavy atom. The van der Waals surface area contributed by atoms with Crippen LogP contribution in [-0.4, -0.2) is 104 Å². The zero-order valence-corrected chi connectivity index (χ0v) is 19.7. The molecule has 0 fully saturated rings. The predicted molar refractivity (Wildman–Crippen MR) is 87.0 cm³/mol. The van der Waals surface area contributed by atoms with Crippen LogP contribution in [0.25, 0.3) is 0 Å². The molecule has 0 aliphatic rings. The summed E-state index contributed by atoms with van der Waals surface area (Å²) in [6.07, 6.45) is -7.00. The summed E-state index contributed by atoms with van der Waals surface area (Å²) in [5.74, 6) is 0. The Hall–Kier alpha value is 1.04. The van der Waals surface area contributed by atoms with Crippen molar-refractivity contribution >= 4 is 0 Å². The molecule has 188 valence electrons. The number of rotatable bonds is 0. The van der Waals surface area contributed by atoms with E-state index in [4.69, 9.17) is 61.3 Å². The Morgan fingerprint density at radius 1 is 0.286 bits per heavy atom. The van der Waals surface area contributed by atoms with E-state index < -0.39 is 37.7 Å². The topological polar surface area (TPSA) is 274 Å². The molecule has 28 heavy (non-hydrogen) atoms. The maximum absolute atomic E-state index is 7.61. The zero-order valence-electron chi connectivity index (χ0n) is 16.4. The molecule has 0 saturated heterocycles. The van der Waals surface area contributed by atoms with Crippen molar-refractivity contribution in [2.45, 2.75) is 79.3 Å². The maximum atomic E-state index is 7.61. The van der Waals surface area contributed by atoms with E-state index in [-0.39, 0.29) is 56.7 Å². The van der Waals surface area contributed by atoms with Crippen molar-refractivity contribution in [1.82, 2.24) is 0 Å². The Labute approximate surface area is 197 Å². The van der Waals surface area contributed by atoms with Crippen LogP contribution in [-0.2, 0) is 51.2 Å². The summed E-state index contributed by atoms with van der Waals surface area (Å²) < 4.78 is 0. The van der Waals surface area contributed by atoms with Crippen LogP contribution >= 0.6 is 0 Å². The van der Waals surface area contributed by atoms with Crippen molar-refractivity contribution in [3.05, 3.63) is 0 Å². The van der Waals surface area contributed by atoms with Crippen molar-refractivity contribution in [3.63, 3.8) is 0 Å². The van der Waals surface area contributed by atoms with Gasteiger partial charge in [-0.2, -0.15) is 0 Å². The summed E-state index contributed by atoms with van der Waals surface area (Å²) in [5.41, 5.74) is 0. The van der Waals surface area contributed by atoms with Gasteiger partial charge in [0, 0.05) is 51.2 Å². The summed E-state index contributed by atoms with van der Waals surface area (Å²) in [7, 11) is 0. The number of hydrogen-bond acceptors (Lipinski definition) is 12. The van der Waals surface area contributed by atoms with Gasteiger partial charge >= 0.3 is 0 Å². The molecule has 13 nitrogen and oxygen atoms in total. The van der Waals surface area contributed by atoms with E-state index in [1.807, 2.05) is 0 Å². The number of aliphatic hydroxyl groups excluding tert-OH is 6. The molecule has 14 N–H and O–H groups in total. The van der Waals surface area contributed by atoms with E-state index in [1.54, 1.807) is 0 Å². The molecule has 0 bridgehead atoms. The van der Waals surface area contributed by atoms with Crippen molar-refractivity contribution in [1.29, 1.82) is 0 Å². The molecule has 0 aromatic carbocycles.